The first-order valence-corrected chi connectivity index (χ1v) is 9.87. The number of benzene rings is 2. The molecular formula is C23H31NO3. The molecule has 146 valence electrons. The lowest BCUT2D eigenvalue weighted by Gasteiger charge is -2.28. The smallest absolute Gasteiger partial charge is 0.122 e. The van der Waals surface area contributed by atoms with E-state index in [9.17, 15) is 5.11 Å². The van der Waals surface area contributed by atoms with E-state index in [2.05, 4.69) is 36.1 Å². The number of para-hydroxylation sites is 1. The van der Waals surface area contributed by atoms with Crippen LogP contribution in [0.5, 0.6) is 5.75 Å². The Balaban J connectivity index is 1.59. The van der Waals surface area contributed by atoms with Crippen molar-refractivity contribution in [3.05, 3.63) is 65.2 Å². The molecule has 4 nitrogen and oxygen atoms in total. The Morgan fingerprint density at radius 1 is 1.11 bits per heavy atom. The highest BCUT2D eigenvalue weighted by Gasteiger charge is 2.22. The molecule has 27 heavy (non-hydrogen) atoms. The van der Waals surface area contributed by atoms with Crippen molar-refractivity contribution in [1.82, 2.24) is 4.90 Å². The maximum absolute atomic E-state index is 10.6. The van der Waals surface area contributed by atoms with Crippen LogP contribution >= 0.6 is 0 Å². The molecule has 0 saturated carbocycles. The molecule has 4 heteroatoms. The fourth-order valence-electron chi connectivity index (χ4n) is 3.56. The van der Waals surface area contributed by atoms with E-state index < -0.39 is 6.10 Å². The summed E-state index contributed by atoms with van der Waals surface area (Å²) in [6.45, 7) is 7.52. The monoisotopic (exact) mass is 369 g/mol. The Labute approximate surface area is 162 Å². The fourth-order valence-corrected chi connectivity index (χ4v) is 3.56. The number of ether oxygens (including phenoxy) is 2. The topological polar surface area (TPSA) is 41.9 Å². The minimum absolute atomic E-state index is 0.263. The number of rotatable bonds is 9. The number of nitrogens with zero attached hydrogens (tertiary/aromatic N) is 1. The van der Waals surface area contributed by atoms with Gasteiger partial charge in [0.1, 0.15) is 18.5 Å². The Bertz CT molecular complexity index is 712. The summed E-state index contributed by atoms with van der Waals surface area (Å²) in [7, 11) is 0. The molecule has 1 aliphatic rings. The van der Waals surface area contributed by atoms with Crippen LogP contribution in [0, 0.1) is 13.8 Å². The minimum Gasteiger partial charge on any atom is -0.491 e. The van der Waals surface area contributed by atoms with Crippen LogP contribution in [0.1, 0.15) is 29.5 Å². The van der Waals surface area contributed by atoms with Gasteiger partial charge in [0.05, 0.1) is 6.10 Å². The van der Waals surface area contributed by atoms with Crippen LogP contribution in [-0.4, -0.2) is 48.5 Å². The second-order valence-corrected chi connectivity index (χ2v) is 7.49. The minimum atomic E-state index is -0.546. The first-order chi connectivity index (χ1) is 13.1. The molecule has 1 aliphatic heterocycles. The largest absolute Gasteiger partial charge is 0.491 e. The number of aliphatic hydroxyl groups is 1. The normalized spacial score (nSPS) is 18.0. The van der Waals surface area contributed by atoms with Gasteiger partial charge >= 0.3 is 0 Å². The molecule has 0 spiro atoms. The third kappa shape index (κ3) is 6.06. The van der Waals surface area contributed by atoms with Gasteiger partial charge in [-0.05, 0) is 49.4 Å². The molecular weight excluding hydrogens is 338 g/mol. The van der Waals surface area contributed by atoms with Crippen molar-refractivity contribution >= 4 is 0 Å². The summed E-state index contributed by atoms with van der Waals surface area (Å²) < 4.78 is 11.7. The van der Waals surface area contributed by atoms with Crippen molar-refractivity contribution in [1.29, 1.82) is 0 Å². The Kier molecular flexibility index (Phi) is 7.27. The third-order valence-corrected chi connectivity index (χ3v) is 5.13. The molecule has 1 N–H and O–H groups in total. The van der Waals surface area contributed by atoms with E-state index in [0.29, 0.717) is 13.2 Å². The summed E-state index contributed by atoms with van der Waals surface area (Å²) in [6.07, 6.45) is 1.94. The second kappa shape index (κ2) is 9.88. The van der Waals surface area contributed by atoms with Crippen LogP contribution in [0.3, 0.4) is 0 Å². The zero-order valence-electron chi connectivity index (χ0n) is 16.4. The molecule has 0 radical (unpaired) electrons. The summed E-state index contributed by atoms with van der Waals surface area (Å²) in [5.41, 5.74) is 3.66. The van der Waals surface area contributed by atoms with Crippen LogP contribution in [0.4, 0.5) is 0 Å². The van der Waals surface area contributed by atoms with Crippen molar-refractivity contribution < 1.29 is 14.6 Å². The number of hydrogen-bond donors (Lipinski definition) is 1. The first-order valence-electron chi connectivity index (χ1n) is 9.87. The van der Waals surface area contributed by atoms with E-state index >= 15 is 0 Å². The standard InChI is InChI=1S/C23H31NO3/c1-18-8-3-5-10-20(18)14-24(16-22-11-7-13-26-22)15-21(25)17-27-23-12-6-4-9-19(23)2/h3-6,8-10,12,21-22,25H,7,11,13-17H2,1-2H3/t21-,22+/m0/s1. The van der Waals surface area contributed by atoms with Gasteiger partial charge in [0, 0.05) is 26.2 Å². The maximum Gasteiger partial charge on any atom is 0.122 e. The summed E-state index contributed by atoms with van der Waals surface area (Å²) in [6, 6.07) is 16.3. The van der Waals surface area contributed by atoms with E-state index in [1.165, 1.54) is 11.1 Å². The van der Waals surface area contributed by atoms with Gasteiger partial charge in [0.2, 0.25) is 0 Å². The molecule has 0 unspecified atom stereocenters. The van der Waals surface area contributed by atoms with E-state index in [-0.39, 0.29) is 6.10 Å². The lowest BCUT2D eigenvalue weighted by molar-refractivity contribution is 0.0312. The summed E-state index contributed by atoms with van der Waals surface area (Å²) in [4.78, 5) is 2.30. The highest BCUT2D eigenvalue weighted by molar-refractivity contribution is 5.31. The van der Waals surface area contributed by atoms with Gasteiger partial charge in [0.15, 0.2) is 0 Å². The Morgan fingerprint density at radius 3 is 2.56 bits per heavy atom. The van der Waals surface area contributed by atoms with E-state index in [4.69, 9.17) is 9.47 Å². The molecule has 3 rings (SSSR count). The molecule has 2 aromatic rings. The van der Waals surface area contributed by atoms with E-state index in [0.717, 1.165) is 43.9 Å². The summed E-state index contributed by atoms with van der Waals surface area (Å²) in [5.74, 6) is 0.834. The van der Waals surface area contributed by atoms with Gasteiger partial charge in [-0.15, -0.1) is 0 Å². The van der Waals surface area contributed by atoms with Crippen molar-refractivity contribution in [2.45, 2.75) is 45.4 Å². The van der Waals surface area contributed by atoms with Gasteiger partial charge in [0.25, 0.3) is 0 Å². The SMILES string of the molecule is Cc1ccccc1CN(C[C@H](O)COc1ccccc1C)C[C@H]1CCCO1. The quantitative estimate of drug-likeness (QED) is 0.731. The lowest BCUT2D eigenvalue weighted by Crippen LogP contribution is -2.39. The van der Waals surface area contributed by atoms with Crippen LogP contribution in [0.15, 0.2) is 48.5 Å². The van der Waals surface area contributed by atoms with Crippen LogP contribution in [-0.2, 0) is 11.3 Å². The summed E-state index contributed by atoms with van der Waals surface area (Å²) >= 11 is 0. The molecule has 1 saturated heterocycles. The van der Waals surface area contributed by atoms with Gasteiger partial charge in [-0.2, -0.15) is 0 Å². The number of aryl methyl sites for hydroxylation is 2. The third-order valence-electron chi connectivity index (χ3n) is 5.13. The lowest BCUT2D eigenvalue weighted by atomic mass is 10.1. The molecule has 2 aromatic carbocycles. The van der Waals surface area contributed by atoms with Crippen LogP contribution < -0.4 is 4.74 Å². The zero-order valence-corrected chi connectivity index (χ0v) is 16.4. The highest BCUT2D eigenvalue weighted by atomic mass is 16.5. The van der Waals surface area contributed by atoms with Crippen molar-refractivity contribution in [2.75, 3.05) is 26.3 Å². The second-order valence-electron chi connectivity index (χ2n) is 7.49. The molecule has 1 heterocycles. The van der Waals surface area contributed by atoms with Gasteiger partial charge in [-0.25, -0.2) is 0 Å². The van der Waals surface area contributed by atoms with Gasteiger partial charge in [-0.3, -0.25) is 4.90 Å². The average molecular weight is 370 g/mol. The first kappa shape index (κ1) is 19.9. The van der Waals surface area contributed by atoms with E-state index in [1.807, 2.05) is 31.2 Å². The molecule has 0 aromatic heterocycles. The fraction of sp³-hybridized carbons (Fsp3) is 0.478. The van der Waals surface area contributed by atoms with Gasteiger partial charge < -0.3 is 14.6 Å². The zero-order chi connectivity index (χ0) is 19.1. The van der Waals surface area contributed by atoms with Crippen molar-refractivity contribution in [2.24, 2.45) is 0 Å². The predicted molar refractivity (Wildman–Crippen MR) is 108 cm³/mol. The Hall–Kier alpha value is -1.88. The predicted octanol–water partition coefficient (Wildman–Crippen LogP) is 3.72. The van der Waals surface area contributed by atoms with Crippen molar-refractivity contribution in [3.8, 4) is 5.75 Å². The molecule has 0 amide bonds. The highest BCUT2D eigenvalue weighted by Crippen LogP contribution is 2.18. The summed E-state index contributed by atoms with van der Waals surface area (Å²) in [5, 5.41) is 10.6. The number of aliphatic hydroxyl groups excluding tert-OH is 1. The molecule has 0 aliphatic carbocycles. The van der Waals surface area contributed by atoms with Crippen molar-refractivity contribution in [3.63, 3.8) is 0 Å². The Morgan fingerprint density at radius 2 is 1.85 bits per heavy atom. The molecule has 0 bridgehead atoms. The average Bonchev–Trinajstić information content (AvgIpc) is 3.16. The number of hydrogen-bond acceptors (Lipinski definition) is 4. The molecule has 1 fully saturated rings. The van der Waals surface area contributed by atoms with Crippen LogP contribution in [0.2, 0.25) is 0 Å². The molecule has 2 atom stereocenters. The maximum atomic E-state index is 10.6. The van der Waals surface area contributed by atoms with Crippen LogP contribution in [0.25, 0.3) is 0 Å². The van der Waals surface area contributed by atoms with Gasteiger partial charge in [-0.1, -0.05) is 42.5 Å². The van der Waals surface area contributed by atoms with E-state index in [1.54, 1.807) is 0 Å².